The van der Waals surface area contributed by atoms with Gasteiger partial charge in [0.05, 0.1) is 12.1 Å². The third-order valence-corrected chi connectivity index (χ3v) is 4.24. The van der Waals surface area contributed by atoms with E-state index in [9.17, 15) is 10.5 Å². The summed E-state index contributed by atoms with van der Waals surface area (Å²) in [7, 11) is 0. The van der Waals surface area contributed by atoms with Gasteiger partial charge in [-0.3, -0.25) is 0 Å². The lowest BCUT2D eigenvalue weighted by atomic mass is 9.68. The fraction of sp³-hybridized carbons (Fsp3) is 0.692. The van der Waals surface area contributed by atoms with Crippen LogP contribution in [0.4, 0.5) is 0 Å². The molecular formula is C13H16N2. The Balaban J connectivity index is 2.23. The molecule has 2 aliphatic carbocycles. The minimum absolute atomic E-state index is 0.296. The van der Waals surface area contributed by atoms with E-state index in [1.807, 2.05) is 0 Å². The van der Waals surface area contributed by atoms with Crippen LogP contribution in [0, 0.1) is 45.8 Å². The highest BCUT2D eigenvalue weighted by Crippen LogP contribution is 2.55. The Hall–Kier alpha value is -1.28. The summed E-state index contributed by atoms with van der Waals surface area (Å²) in [6.07, 6.45) is 7.10. The van der Waals surface area contributed by atoms with Gasteiger partial charge < -0.3 is 0 Å². The second kappa shape index (κ2) is 3.70. The first-order valence-electron chi connectivity index (χ1n) is 5.69. The topological polar surface area (TPSA) is 47.6 Å². The van der Waals surface area contributed by atoms with E-state index < -0.39 is 5.41 Å². The largest absolute Gasteiger partial charge is 0.197 e. The third-order valence-electron chi connectivity index (χ3n) is 4.24. The molecule has 0 aromatic heterocycles. The smallest absolute Gasteiger partial charge is 0.150 e. The van der Waals surface area contributed by atoms with Gasteiger partial charge >= 0.3 is 0 Å². The number of nitriles is 2. The van der Waals surface area contributed by atoms with Crippen molar-refractivity contribution in [3.63, 3.8) is 0 Å². The van der Waals surface area contributed by atoms with Gasteiger partial charge in [0.15, 0.2) is 0 Å². The molecule has 0 amide bonds. The molecule has 2 nitrogen and oxygen atoms in total. The normalized spacial score (nSPS) is 33.3. The molecular weight excluding hydrogens is 184 g/mol. The minimum atomic E-state index is -0.790. The molecule has 0 spiro atoms. The Bertz CT molecular complexity index is 331. The van der Waals surface area contributed by atoms with E-state index in [0.717, 1.165) is 12.3 Å². The fourth-order valence-electron chi connectivity index (χ4n) is 3.51. The number of rotatable bonds is 3. The van der Waals surface area contributed by atoms with Crippen molar-refractivity contribution in [1.29, 1.82) is 10.5 Å². The van der Waals surface area contributed by atoms with Crippen LogP contribution >= 0.6 is 0 Å². The summed E-state index contributed by atoms with van der Waals surface area (Å²) in [5, 5.41) is 18.6. The minimum Gasteiger partial charge on any atom is -0.197 e. The van der Waals surface area contributed by atoms with Gasteiger partial charge in [-0.2, -0.15) is 10.5 Å². The quantitative estimate of drug-likeness (QED) is 0.657. The molecule has 2 aliphatic rings. The molecule has 0 N–H and O–H groups in total. The van der Waals surface area contributed by atoms with E-state index in [2.05, 4.69) is 18.7 Å². The maximum Gasteiger partial charge on any atom is 0.150 e. The van der Waals surface area contributed by atoms with Crippen LogP contribution in [0.15, 0.2) is 12.7 Å². The van der Waals surface area contributed by atoms with Crippen molar-refractivity contribution in [2.45, 2.75) is 32.1 Å². The van der Waals surface area contributed by atoms with Gasteiger partial charge in [-0.05, 0) is 43.4 Å². The molecule has 2 saturated carbocycles. The molecule has 2 fully saturated rings. The molecule has 0 aromatic carbocycles. The van der Waals surface area contributed by atoms with Crippen molar-refractivity contribution in [3.05, 3.63) is 12.7 Å². The first-order valence-corrected chi connectivity index (χ1v) is 5.69. The molecule has 3 atom stereocenters. The summed E-state index contributed by atoms with van der Waals surface area (Å²) in [5.41, 5.74) is -0.790. The van der Waals surface area contributed by atoms with Crippen molar-refractivity contribution in [2.24, 2.45) is 23.2 Å². The van der Waals surface area contributed by atoms with Crippen LogP contribution in [-0.2, 0) is 0 Å². The first kappa shape index (κ1) is 10.2. The van der Waals surface area contributed by atoms with Gasteiger partial charge in [-0.1, -0.05) is 12.5 Å². The van der Waals surface area contributed by atoms with E-state index in [1.54, 1.807) is 6.08 Å². The van der Waals surface area contributed by atoms with Gasteiger partial charge in [-0.15, -0.1) is 6.58 Å². The Morgan fingerprint density at radius 2 is 2.00 bits per heavy atom. The number of hydrogen-bond donors (Lipinski definition) is 0. The van der Waals surface area contributed by atoms with Gasteiger partial charge in [0, 0.05) is 0 Å². The predicted molar refractivity (Wildman–Crippen MR) is 57.4 cm³/mol. The summed E-state index contributed by atoms with van der Waals surface area (Å²) in [6.45, 7) is 3.67. The van der Waals surface area contributed by atoms with Crippen LogP contribution in [0.1, 0.15) is 32.1 Å². The van der Waals surface area contributed by atoms with Gasteiger partial charge in [-0.25, -0.2) is 0 Å². The van der Waals surface area contributed by atoms with Gasteiger partial charge in [0.1, 0.15) is 5.41 Å². The summed E-state index contributed by atoms with van der Waals surface area (Å²) < 4.78 is 0. The summed E-state index contributed by atoms with van der Waals surface area (Å²) in [4.78, 5) is 0. The number of hydrogen-bond acceptors (Lipinski definition) is 2. The van der Waals surface area contributed by atoms with Crippen LogP contribution < -0.4 is 0 Å². The maximum atomic E-state index is 9.28. The average Bonchev–Trinajstić information content (AvgIpc) is 2.88. The molecule has 0 aromatic rings. The zero-order chi connectivity index (χ0) is 10.9. The van der Waals surface area contributed by atoms with Crippen molar-refractivity contribution in [1.82, 2.24) is 0 Å². The van der Waals surface area contributed by atoms with Crippen molar-refractivity contribution >= 4 is 0 Å². The van der Waals surface area contributed by atoms with E-state index in [1.165, 1.54) is 19.3 Å². The van der Waals surface area contributed by atoms with E-state index in [4.69, 9.17) is 0 Å². The second-order valence-corrected chi connectivity index (χ2v) is 4.97. The van der Waals surface area contributed by atoms with Gasteiger partial charge in [0.25, 0.3) is 0 Å². The van der Waals surface area contributed by atoms with Crippen LogP contribution in [0.5, 0.6) is 0 Å². The zero-order valence-electron chi connectivity index (χ0n) is 8.95. The Kier molecular flexibility index (Phi) is 2.53. The van der Waals surface area contributed by atoms with E-state index in [0.29, 0.717) is 18.3 Å². The van der Waals surface area contributed by atoms with Crippen LogP contribution in [0.2, 0.25) is 0 Å². The first-order chi connectivity index (χ1) is 7.25. The maximum absolute atomic E-state index is 9.28. The molecule has 0 aliphatic heterocycles. The highest BCUT2D eigenvalue weighted by atomic mass is 14.5. The molecule has 0 radical (unpaired) electrons. The lowest BCUT2D eigenvalue weighted by Crippen LogP contribution is -2.31. The van der Waals surface area contributed by atoms with Crippen molar-refractivity contribution in [2.75, 3.05) is 0 Å². The van der Waals surface area contributed by atoms with Crippen LogP contribution in [-0.4, -0.2) is 0 Å². The lowest BCUT2D eigenvalue weighted by molar-refractivity contribution is 0.214. The summed E-state index contributed by atoms with van der Waals surface area (Å²) in [5.74, 6) is 1.70. The lowest BCUT2D eigenvalue weighted by Gasteiger charge is -2.31. The molecule has 2 heteroatoms. The number of fused-ring (bicyclic) bond motifs is 2. The van der Waals surface area contributed by atoms with Crippen molar-refractivity contribution < 1.29 is 0 Å². The fourth-order valence-corrected chi connectivity index (χ4v) is 3.51. The van der Waals surface area contributed by atoms with Crippen LogP contribution in [0.3, 0.4) is 0 Å². The summed E-state index contributed by atoms with van der Waals surface area (Å²) in [6, 6.07) is 4.52. The molecule has 0 saturated heterocycles. The SMILES string of the molecule is C=CCC(C#N)(C#N)[C@H]1C[C@@H]2CC[C@H]1C2. The zero-order valence-corrected chi connectivity index (χ0v) is 8.95. The summed E-state index contributed by atoms with van der Waals surface area (Å²) >= 11 is 0. The van der Waals surface area contributed by atoms with E-state index >= 15 is 0 Å². The standard InChI is InChI=1S/C13H16N2/c1-2-5-13(8-14,9-15)12-7-10-3-4-11(12)6-10/h2,10-12H,1,3-7H2/t10-,11+,12+/m1/s1. The van der Waals surface area contributed by atoms with Gasteiger partial charge in [0.2, 0.25) is 0 Å². The van der Waals surface area contributed by atoms with Crippen molar-refractivity contribution in [3.8, 4) is 12.1 Å². The Morgan fingerprint density at radius 1 is 1.27 bits per heavy atom. The molecule has 0 unspecified atom stereocenters. The Morgan fingerprint density at radius 3 is 2.40 bits per heavy atom. The number of nitrogens with zero attached hydrogens (tertiary/aromatic N) is 2. The highest BCUT2D eigenvalue weighted by Gasteiger charge is 2.50. The average molecular weight is 200 g/mol. The predicted octanol–water partition coefficient (Wildman–Crippen LogP) is 3.03. The molecule has 2 bridgehead atoms. The molecule has 2 rings (SSSR count). The molecule has 78 valence electrons. The molecule has 15 heavy (non-hydrogen) atoms. The van der Waals surface area contributed by atoms with Crippen LogP contribution in [0.25, 0.3) is 0 Å². The monoisotopic (exact) mass is 200 g/mol. The molecule has 0 heterocycles. The van der Waals surface area contributed by atoms with E-state index in [-0.39, 0.29) is 0 Å². The second-order valence-electron chi connectivity index (χ2n) is 4.97. The third kappa shape index (κ3) is 1.45. The Labute approximate surface area is 91.2 Å². The highest BCUT2D eigenvalue weighted by molar-refractivity contribution is 5.21. The number of allylic oxidation sites excluding steroid dienone is 1.